The third kappa shape index (κ3) is 3.56. The lowest BCUT2D eigenvalue weighted by atomic mass is 10.3. The molecule has 26 heavy (non-hydrogen) atoms. The summed E-state index contributed by atoms with van der Waals surface area (Å²) in [4.78, 5) is 24.6. The fraction of sp³-hybridized carbons (Fsp3) is 0.176. The van der Waals surface area contributed by atoms with Crippen LogP contribution < -0.4 is 15.7 Å². The van der Waals surface area contributed by atoms with Gasteiger partial charge in [0, 0.05) is 7.05 Å². The van der Waals surface area contributed by atoms with Gasteiger partial charge in [-0.1, -0.05) is 24.3 Å². The Hall–Kier alpha value is -3.23. The molecule has 9 heteroatoms. The summed E-state index contributed by atoms with van der Waals surface area (Å²) in [6.07, 6.45) is -4.88. The first-order valence-corrected chi connectivity index (χ1v) is 7.55. The van der Waals surface area contributed by atoms with Crippen LogP contribution in [0.5, 0.6) is 5.75 Å². The van der Waals surface area contributed by atoms with Gasteiger partial charge in [0.25, 0.3) is 0 Å². The molecule has 0 aliphatic carbocycles. The number of amides is 1. The Morgan fingerprint density at radius 1 is 1.08 bits per heavy atom. The smallest absolute Gasteiger partial charge is 0.404 e. The summed E-state index contributed by atoms with van der Waals surface area (Å²) in [6.45, 7) is -0.347. The zero-order valence-corrected chi connectivity index (χ0v) is 13.6. The molecule has 3 aromatic rings. The molecule has 0 aliphatic rings. The van der Waals surface area contributed by atoms with E-state index in [-0.39, 0.29) is 12.2 Å². The van der Waals surface area contributed by atoms with Crippen LogP contribution >= 0.6 is 0 Å². The van der Waals surface area contributed by atoms with Crippen LogP contribution in [0.3, 0.4) is 0 Å². The highest BCUT2D eigenvalue weighted by Gasteiger charge is 2.32. The average molecular weight is 365 g/mol. The number of para-hydroxylation sites is 4. The number of aryl methyl sites for hydroxylation is 1. The van der Waals surface area contributed by atoms with Crippen molar-refractivity contribution in [3.63, 3.8) is 0 Å². The van der Waals surface area contributed by atoms with E-state index in [1.54, 1.807) is 31.3 Å². The summed E-state index contributed by atoms with van der Waals surface area (Å²) in [5, 5.41) is 2.35. The highest BCUT2D eigenvalue weighted by Crippen LogP contribution is 2.29. The number of carbonyl (C=O) groups excluding carboxylic acids is 1. The lowest BCUT2D eigenvalue weighted by Crippen LogP contribution is -2.28. The Morgan fingerprint density at radius 3 is 2.38 bits per heavy atom. The van der Waals surface area contributed by atoms with E-state index in [9.17, 15) is 22.8 Å². The van der Waals surface area contributed by atoms with E-state index < -0.39 is 23.7 Å². The Bertz CT molecular complexity index is 1020. The molecule has 0 saturated carbocycles. The van der Waals surface area contributed by atoms with Crippen LogP contribution in [0.1, 0.15) is 0 Å². The van der Waals surface area contributed by atoms with Crippen molar-refractivity contribution in [3.8, 4) is 5.75 Å². The zero-order valence-electron chi connectivity index (χ0n) is 13.6. The molecule has 3 rings (SSSR count). The highest BCUT2D eigenvalue weighted by molar-refractivity contribution is 5.93. The summed E-state index contributed by atoms with van der Waals surface area (Å²) in [5.74, 6) is -1.18. The number of imidazole rings is 1. The van der Waals surface area contributed by atoms with Crippen LogP contribution in [-0.4, -0.2) is 21.4 Å². The molecule has 0 unspecified atom stereocenters. The molecule has 1 N–H and O–H groups in total. The average Bonchev–Trinajstić information content (AvgIpc) is 2.81. The first-order valence-electron chi connectivity index (χ1n) is 7.55. The van der Waals surface area contributed by atoms with Crippen LogP contribution in [0.4, 0.5) is 18.9 Å². The third-order valence-electron chi connectivity index (χ3n) is 3.74. The third-order valence-corrected chi connectivity index (χ3v) is 3.74. The van der Waals surface area contributed by atoms with Gasteiger partial charge in [-0.25, -0.2) is 4.79 Å². The monoisotopic (exact) mass is 365 g/mol. The van der Waals surface area contributed by atoms with Crippen LogP contribution in [-0.2, 0) is 18.4 Å². The number of anilines is 1. The SMILES string of the molecule is Cn1c(=O)n(CC(=O)Nc2ccccc2OC(F)(F)F)c2ccccc21. The normalized spacial score (nSPS) is 11.5. The van der Waals surface area contributed by atoms with Gasteiger partial charge in [-0.05, 0) is 24.3 Å². The number of carbonyl (C=O) groups is 1. The summed E-state index contributed by atoms with van der Waals surface area (Å²) >= 11 is 0. The molecule has 1 amide bonds. The number of fused-ring (bicyclic) bond motifs is 1. The van der Waals surface area contributed by atoms with E-state index in [1.165, 1.54) is 27.3 Å². The Kier molecular flexibility index (Phi) is 4.45. The van der Waals surface area contributed by atoms with Gasteiger partial charge < -0.3 is 10.1 Å². The topological polar surface area (TPSA) is 65.3 Å². The molecular weight excluding hydrogens is 351 g/mol. The minimum Gasteiger partial charge on any atom is -0.404 e. The second kappa shape index (κ2) is 6.58. The molecule has 6 nitrogen and oxygen atoms in total. The fourth-order valence-corrected chi connectivity index (χ4v) is 2.63. The quantitative estimate of drug-likeness (QED) is 0.773. The fourth-order valence-electron chi connectivity index (χ4n) is 2.63. The summed E-state index contributed by atoms with van der Waals surface area (Å²) in [7, 11) is 1.57. The largest absolute Gasteiger partial charge is 0.573 e. The van der Waals surface area contributed by atoms with Gasteiger partial charge in [0.2, 0.25) is 5.91 Å². The van der Waals surface area contributed by atoms with Gasteiger partial charge in [-0.15, -0.1) is 13.2 Å². The standard InChI is InChI=1S/C17H14F3N3O3/c1-22-12-7-3-4-8-13(12)23(16(22)25)10-15(24)21-11-6-2-5-9-14(11)26-17(18,19)20/h2-9H,10H2,1H3,(H,21,24). The minimum atomic E-state index is -4.88. The van der Waals surface area contributed by atoms with Gasteiger partial charge in [0.05, 0.1) is 16.7 Å². The van der Waals surface area contributed by atoms with Gasteiger partial charge in [0.15, 0.2) is 5.75 Å². The number of benzene rings is 2. The maximum absolute atomic E-state index is 12.5. The van der Waals surface area contributed by atoms with Gasteiger partial charge in [0.1, 0.15) is 6.54 Å². The number of nitrogens with one attached hydrogen (secondary N) is 1. The Balaban J connectivity index is 1.85. The zero-order chi connectivity index (χ0) is 18.9. The molecule has 136 valence electrons. The lowest BCUT2D eigenvalue weighted by molar-refractivity contribution is -0.274. The summed E-state index contributed by atoms with van der Waals surface area (Å²) < 4.78 is 43.9. The van der Waals surface area contributed by atoms with Crippen LogP contribution in [0.2, 0.25) is 0 Å². The number of hydrogen-bond acceptors (Lipinski definition) is 3. The molecule has 0 fully saturated rings. The molecule has 1 heterocycles. The first-order chi connectivity index (χ1) is 12.3. The number of nitrogens with zero attached hydrogens (tertiary/aromatic N) is 2. The maximum atomic E-state index is 12.5. The number of alkyl halides is 3. The predicted octanol–water partition coefficient (Wildman–Crippen LogP) is 2.88. The van der Waals surface area contributed by atoms with E-state index in [0.29, 0.717) is 11.0 Å². The van der Waals surface area contributed by atoms with E-state index in [1.807, 2.05) is 0 Å². The van der Waals surface area contributed by atoms with Crippen LogP contribution in [0, 0.1) is 0 Å². The molecule has 0 aliphatic heterocycles. The number of aromatic nitrogens is 2. The van der Waals surface area contributed by atoms with E-state index in [4.69, 9.17) is 0 Å². The second-order valence-corrected chi connectivity index (χ2v) is 5.51. The second-order valence-electron chi connectivity index (χ2n) is 5.51. The summed E-state index contributed by atoms with van der Waals surface area (Å²) in [6, 6.07) is 12.1. The van der Waals surface area contributed by atoms with E-state index in [0.717, 1.165) is 6.07 Å². The van der Waals surface area contributed by atoms with Crippen molar-refractivity contribution in [2.75, 3.05) is 5.32 Å². The van der Waals surface area contributed by atoms with Crippen molar-refractivity contribution in [2.24, 2.45) is 7.05 Å². The molecule has 0 atom stereocenters. The lowest BCUT2D eigenvalue weighted by Gasteiger charge is -2.14. The number of halogens is 3. The van der Waals surface area contributed by atoms with E-state index >= 15 is 0 Å². The molecular formula is C17H14F3N3O3. The van der Waals surface area contributed by atoms with Crippen molar-refractivity contribution >= 4 is 22.6 Å². The van der Waals surface area contributed by atoms with Crippen molar-refractivity contribution < 1.29 is 22.7 Å². The first kappa shape index (κ1) is 17.6. The van der Waals surface area contributed by atoms with Crippen molar-refractivity contribution in [2.45, 2.75) is 12.9 Å². The minimum absolute atomic E-state index is 0.136. The number of ether oxygens (including phenoxy) is 1. The number of hydrogen-bond donors (Lipinski definition) is 1. The predicted molar refractivity (Wildman–Crippen MR) is 88.9 cm³/mol. The van der Waals surface area contributed by atoms with Crippen LogP contribution in [0.15, 0.2) is 53.3 Å². The van der Waals surface area contributed by atoms with Crippen molar-refractivity contribution in [1.29, 1.82) is 0 Å². The van der Waals surface area contributed by atoms with Gasteiger partial charge in [-0.3, -0.25) is 13.9 Å². The van der Waals surface area contributed by atoms with E-state index in [2.05, 4.69) is 10.1 Å². The Morgan fingerprint density at radius 2 is 1.69 bits per heavy atom. The van der Waals surface area contributed by atoms with Crippen molar-refractivity contribution in [3.05, 3.63) is 59.0 Å². The number of rotatable bonds is 4. The Labute approximate surface area is 145 Å². The van der Waals surface area contributed by atoms with Gasteiger partial charge in [-0.2, -0.15) is 0 Å². The molecule has 2 aromatic carbocycles. The molecule has 0 radical (unpaired) electrons. The van der Waals surface area contributed by atoms with Crippen LogP contribution in [0.25, 0.3) is 11.0 Å². The molecule has 0 saturated heterocycles. The molecule has 0 spiro atoms. The maximum Gasteiger partial charge on any atom is 0.573 e. The summed E-state index contributed by atoms with van der Waals surface area (Å²) in [5.41, 5.74) is 0.658. The molecule has 1 aromatic heterocycles. The molecule has 0 bridgehead atoms. The highest BCUT2D eigenvalue weighted by atomic mass is 19.4. The van der Waals surface area contributed by atoms with Gasteiger partial charge >= 0.3 is 12.1 Å². The van der Waals surface area contributed by atoms with Crippen molar-refractivity contribution in [1.82, 2.24) is 9.13 Å².